The topological polar surface area (TPSA) is 58.7 Å². The van der Waals surface area contributed by atoms with Crippen molar-refractivity contribution in [1.29, 1.82) is 0 Å². The summed E-state index contributed by atoms with van der Waals surface area (Å²) < 4.78 is 5.77. The van der Waals surface area contributed by atoms with Crippen molar-refractivity contribution in [3.63, 3.8) is 0 Å². The van der Waals surface area contributed by atoms with Gasteiger partial charge >= 0.3 is 0 Å². The van der Waals surface area contributed by atoms with Crippen LogP contribution in [0.15, 0.2) is 24.3 Å². The third-order valence-corrected chi connectivity index (χ3v) is 3.15. The Bertz CT molecular complexity index is 345. The minimum Gasteiger partial charge on any atom is -0.493 e. The second kappa shape index (κ2) is 9.78. The molecule has 1 rings (SSSR count). The van der Waals surface area contributed by atoms with Crippen molar-refractivity contribution in [3.8, 4) is 5.75 Å². The molecule has 1 aromatic carbocycles. The number of benzene rings is 1. The fraction of sp³-hybridized carbons (Fsp3) is 0.600. The molecule has 0 radical (unpaired) electrons. The molecule has 0 heterocycles. The van der Waals surface area contributed by atoms with Crippen molar-refractivity contribution < 1.29 is 9.84 Å². The lowest BCUT2D eigenvalue weighted by Crippen LogP contribution is -2.27. The summed E-state index contributed by atoms with van der Waals surface area (Å²) in [6.45, 7) is 6.58. The van der Waals surface area contributed by atoms with Crippen molar-refractivity contribution in [2.45, 2.75) is 26.3 Å². The van der Waals surface area contributed by atoms with E-state index in [4.69, 9.17) is 15.6 Å². The van der Waals surface area contributed by atoms with E-state index in [2.05, 4.69) is 11.8 Å². The van der Waals surface area contributed by atoms with Crippen LogP contribution in [0.25, 0.3) is 0 Å². The molecule has 0 unspecified atom stereocenters. The van der Waals surface area contributed by atoms with Gasteiger partial charge in [0.2, 0.25) is 0 Å². The Labute approximate surface area is 116 Å². The van der Waals surface area contributed by atoms with Crippen molar-refractivity contribution >= 4 is 0 Å². The molecule has 0 spiro atoms. The number of ether oxygens (including phenoxy) is 1. The van der Waals surface area contributed by atoms with Gasteiger partial charge in [0.25, 0.3) is 0 Å². The Morgan fingerprint density at radius 3 is 2.63 bits per heavy atom. The van der Waals surface area contributed by atoms with Gasteiger partial charge in [0.05, 0.1) is 6.61 Å². The molecule has 4 nitrogen and oxygen atoms in total. The molecule has 0 bridgehead atoms. The highest BCUT2D eigenvalue weighted by atomic mass is 16.5. The molecule has 4 heteroatoms. The highest BCUT2D eigenvalue weighted by Crippen LogP contribution is 2.17. The van der Waals surface area contributed by atoms with Gasteiger partial charge in [-0.05, 0) is 25.5 Å². The summed E-state index contributed by atoms with van der Waals surface area (Å²) in [5, 5.41) is 8.83. The van der Waals surface area contributed by atoms with Crippen LogP contribution in [-0.2, 0) is 6.54 Å². The van der Waals surface area contributed by atoms with E-state index >= 15 is 0 Å². The Balaban J connectivity index is 2.26. The van der Waals surface area contributed by atoms with E-state index in [-0.39, 0.29) is 6.61 Å². The third kappa shape index (κ3) is 6.05. The lowest BCUT2D eigenvalue weighted by molar-refractivity contribution is 0.213. The average molecular weight is 266 g/mol. The number of aliphatic hydroxyl groups is 1. The van der Waals surface area contributed by atoms with E-state index in [1.807, 2.05) is 24.3 Å². The molecule has 0 aliphatic heterocycles. The normalized spacial score (nSPS) is 10.9. The van der Waals surface area contributed by atoms with Crippen molar-refractivity contribution in [2.24, 2.45) is 5.73 Å². The lowest BCUT2D eigenvalue weighted by Gasteiger charge is -2.20. The SMILES string of the molecule is CCN(CCCO)CCCOc1ccccc1CN. The summed E-state index contributed by atoms with van der Waals surface area (Å²) in [4.78, 5) is 2.33. The van der Waals surface area contributed by atoms with E-state index in [9.17, 15) is 0 Å². The van der Waals surface area contributed by atoms with E-state index < -0.39 is 0 Å². The van der Waals surface area contributed by atoms with Crippen LogP contribution in [0.1, 0.15) is 25.3 Å². The van der Waals surface area contributed by atoms with E-state index in [0.717, 1.165) is 43.8 Å². The Kier molecular flexibility index (Phi) is 8.21. The molecular weight excluding hydrogens is 240 g/mol. The molecule has 0 aliphatic carbocycles. The third-order valence-electron chi connectivity index (χ3n) is 3.15. The molecule has 0 saturated carbocycles. The summed E-state index contributed by atoms with van der Waals surface area (Å²) in [5.41, 5.74) is 6.72. The second-order valence-electron chi connectivity index (χ2n) is 4.53. The molecule has 0 fully saturated rings. The first-order valence-corrected chi connectivity index (χ1v) is 7.05. The van der Waals surface area contributed by atoms with Crippen molar-refractivity contribution in [3.05, 3.63) is 29.8 Å². The first-order valence-electron chi connectivity index (χ1n) is 7.05. The Morgan fingerprint density at radius 2 is 1.95 bits per heavy atom. The zero-order valence-electron chi connectivity index (χ0n) is 11.8. The van der Waals surface area contributed by atoms with Gasteiger partial charge in [-0.25, -0.2) is 0 Å². The maximum absolute atomic E-state index is 8.83. The molecule has 1 aromatic rings. The fourth-order valence-electron chi connectivity index (χ4n) is 2.01. The maximum Gasteiger partial charge on any atom is 0.123 e. The van der Waals surface area contributed by atoms with Gasteiger partial charge in [-0.2, -0.15) is 0 Å². The monoisotopic (exact) mass is 266 g/mol. The van der Waals surface area contributed by atoms with E-state index in [1.165, 1.54) is 0 Å². The maximum atomic E-state index is 8.83. The molecule has 0 atom stereocenters. The largest absolute Gasteiger partial charge is 0.493 e. The summed E-state index contributed by atoms with van der Waals surface area (Å²) in [5.74, 6) is 0.892. The van der Waals surface area contributed by atoms with Crippen LogP contribution in [0.5, 0.6) is 5.75 Å². The number of nitrogens with two attached hydrogens (primary N) is 1. The van der Waals surface area contributed by atoms with Gasteiger partial charge in [-0.3, -0.25) is 0 Å². The summed E-state index contributed by atoms with van der Waals surface area (Å²) in [6.07, 6.45) is 1.82. The van der Waals surface area contributed by atoms with Crippen LogP contribution in [0.3, 0.4) is 0 Å². The number of para-hydroxylation sites is 1. The minimum atomic E-state index is 0.261. The van der Waals surface area contributed by atoms with Crippen LogP contribution < -0.4 is 10.5 Å². The standard InChI is InChI=1S/C15H26N2O2/c1-2-17(9-5-11-18)10-6-12-19-15-8-4-3-7-14(15)13-16/h3-4,7-8,18H,2,5-6,9-13,16H2,1H3. The smallest absolute Gasteiger partial charge is 0.123 e. The average Bonchev–Trinajstić information content (AvgIpc) is 2.47. The van der Waals surface area contributed by atoms with Crippen molar-refractivity contribution in [2.75, 3.05) is 32.8 Å². The summed E-state index contributed by atoms with van der Waals surface area (Å²) in [7, 11) is 0. The van der Waals surface area contributed by atoms with Crippen LogP contribution in [0.4, 0.5) is 0 Å². The van der Waals surface area contributed by atoms with Crippen LogP contribution in [0, 0.1) is 0 Å². The zero-order chi connectivity index (χ0) is 13.9. The molecular formula is C15H26N2O2. The molecule has 0 saturated heterocycles. The number of rotatable bonds is 10. The van der Waals surface area contributed by atoms with Crippen LogP contribution in [-0.4, -0.2) is 42.9 Å². The Hall–Kier alpha value is -1.10. The molecule has 19 heavy (non-hydrogen) atoms. The van der Waals surface area contributed by atoms with Crippen molar-refractivity contribution in [1.82, 2.24) is 4.90 Å². The van der Waals surface area contributed by atoms with Gasteiger partial charge in [-0.15, -0.1) is 0 Å². The quantitative estimate of drug-likeness (QED) is 0.632. The molecule has 0 aliphatic rings. The molecule has 3 N–H and O–H groups in total. The first-order chi connectivity index (χ1) is 9.31. The van der Waals surface area contributed by atoms with Gasteiger partial charge in [0.1, 0.15) is 5.75 Å². The lowest BCUT2D eigenvalue weighted by atomic mass is 10.2. The Morgan fingerprint density at radius 1 is 1.21 bits per heavy atom. The number of hydrogen-bond donors (Lipinski definition) is 2. The van der Waals surface area contributed by atoms with E-state index in [0.29, 0.717) is 13.2 Å². The zero-order valence-corrected chi connectivity index (χ0v) is 11.8. The fourth-order valence-corrected chi connectivity index (χ4v) is 2.01. The molecule has 0 aromatic heterocycles. The van der Waals surface area contributed by atoms with Gasteiger partial charge in [-0.1, -0.05) is 25.1 Å². The second-order valence-corrected chi connectivity index (χ2v) is 4.53. The van der Waals surface area contributed by atoms with Gasteiger partial charge in [0, 0.05) is 31.8 Å². The number of nitrogens with zero attached hydrogens (tertiary/aromatic N) is 1. The predicted octanol–water partition coefficient (Wildman–Crippen LogP) is 1.62. The van der Waals surface area contributed by atoms with Crippen LogP contribution >= 0.6 is 0 Å². The highest BCUT2D eigenvalue weighted by molar-refractivity contribution is 5.32. The summed E-state index contributed by atoms with van der Waals surface area (Å²) >= 11 is 0. The van der Waals surface area contributed by atoms with Gasteiger partial charge < -0.3 is 20.5 Å². The molecule has 108 valence electrons. The van der Waals surface area contributed by atoms with Gasteiger partial charge in [0.15, 0.2) is 0 Å². The minimum absolute atomic E-state index is 0.261. The highest BCUT2D eigenvalue weighted by Gasteiger charge is 2.03. The first kappa shape index (κ1) is 16.0. The summed E-state index contributed by atoms with van der Waals surface area (Å²) in [6, 6.07) is 7.90. The number of aliphatic hydroxyl groups excluding tert-OH is 1. The molecule has 0 amide bonds. The van der Waals surface area contributed by atoms with E-state index in [1.54, 1.807) is 0 Å². The van der Waals surface area contributed by atoms with Crippen LogP contribution in [0.2, 0.25) is 0 Å². The number of hydrogen-bond acceptors (Lipinski definition) is 4. The predicted molar refractivity (Wildman–Crippen MR) is 78.3 cm³/mol.